The summed E-state index contributed by atoms with van der Waals surface area (Å²) < 4.78 is 0.791. The van der Waals surface area contributed by atoms with Crippen LogP contribution in [0, 0.1) is 0 Å². The summed E-state index contributed by atoms with van der Waals surface area (Å²) in [5.74, 6) is 0.425. The molecule has 2 aromatic carbocycles. The van der Waals surface area contributed by atoms with Crippen LogP contribution in [0.15, 0.2) is 70.7 Å². The summed E-state index contributed by atoms with van der Waals surface area (Å²) in [5.41, 5.74) is 4.43. The molecule has 1 N–H and O–H groups in total. The van der Waals surface area contributed by atoms with Gasteiger partial charge in [-0.1, -0.05) is 85.5 Å². The van der Waals surface area contributed by atoms with Crippen LogP contribution in [0.5, 0.6) is 0 Å². The Bertz CT molecular complexity index is 1080. The van der Waals surface area contributed by atoms with Gasteiger partial charge in [-0.3, -0.25) is 4.79 Å². The maximum Gasteiger partial charge on any atom is 0.206 e. The molecule has 1 aromatic heterocycles. The summed E-state index contributed by atoms with van der Waals surface area (Å²) in [6.45, 7) is 5.03. The van der Waals surface area contributed by atoms with Gasteiger partial charge >= 0.3 is 0 Å². The summed E-state index contributed by atoms with van der Waals surface area (Å²) in [6.07, 6.45) is 1.78. The number of nitrogens with one attached hydrogen (secondary N) is 1. The van der Waals surface area contributed by atoms with Crippen LogP contribution in [0.1, 0.15) is 25.0 Å². The molecule has 1 aliphatic rings. The van der Waals surface area contributed by atoms with E-state index < -0.39 is 0 Å². The van der Waals surface area contributed by atoms with E-state index in [1.165, 1.54) is 34.2 Å². The maximum atomic E-state index is 12.7. The van der Waals surface area contributed by atoms with Crippen molar-refractivity contribution in [1.29, 1.82) is 0 Å². The van der Waals surface area contributed by atoms with Crippen LogP contribution in [0.2, 0.25) is 0 Å². The minimum absolute atomic E-state index is 0.0803. The van der Waals surface area contributed by atoms with E-state index in [0.29, 0.717) is 12.3 Å². The first-order valence-electron chi connectivity index (χ1n) is 9.77. The lowest BCUT2D eigenvalue weighted by Gasteiger charge is -2.23. The zero-order valence-corrected chi connectivity index (χ0v) is 18.9. The van der Waals surface area contributed by atoms with Crippen molar-refractivity contribution in [3.63, 3.8) is 0 Å². The summed E-state index contributed by atoms with van der Waals surface area (Å²) in [4.78, 5) is 14.8. The number of carbonyl (C=O) groups is 1. The van der Waals surface area contributed by atoms with Crippen LogP contribution in [-0.4, -0.2) is 28.8 Å². The largest absolute Gasteiger partial charge is 0.356 e. The van der Waals surface area contributed by atoms with E-state index in [1.807, 2.05) is 37.4 Å². The molecule has 3 aromatic rings. The molecule has 0 bridgehead atoms. The number of ketones is 1. The smallest absolute Gasteiger partial charge is 0.206 e. The fourth-order valence-electron chi connectivity index (χ4n) is 3.70. The van der Waals surface area contributed by atoms with Gasteiger partial charge in [-0.2, -0.15) is 0 Å². The molecular formula is C23H24N4OS2. The van der Waals surface area contributed by atoms with E-state index in [9.17, 15) is 4.79 Å². The zero-order chi connectivity index (χ0) is 21.1. The predicted molar refractivity (Wildman–Crippen MR) is 125 cm³/mol. The number of aromatic nitrogens is 2. The van der Waals surface area contributed by atoms with E-state index in [4.69, 9.17) is 0 Å². The summed E-state index contributed by atoms with van der Waals surface area (Å²) in [7, 11) is 2.02. The number of hydrogen-bond donors (Lipinski definition) is 1. The molecular weight excluding hydrogens is 412 g/mol. The lowest BCUT2D eigenvalue weighted by atomic mass is 9.83. The molecule has 0 fully saturated rings. The fraction of sp³-hybridized carbons (Fsp3) is 0.261. The van der Waals surface area contributed by atoms with Crippen molar-refractivity contribution in [3.8, 4) is 0 Å². The van der Waals surface area contributed by atoms with E-state index in [-0.39, 0.29) is 11.2 Å². The highest BCUT2D eigenvalue weighted by Crippen LogP contribution is 2.46. The lowest BCUT2D eigenvalue weighted by Crippen LogP contribution is -2.24. The second-order valence-electron chi connectivity index (χ2n) is 7.70. The second-order valence-corrected chi connectivity index (χ2v) is 9.90. The molecule has 0 radical (unpaired) electrons. The van der Waals surface area contributed by atoms with Gasteiger partial charge in [0, 0.05) is 36.5 Å². The molecule has 1 aliphatic heterocycles. The average Bonchev–Trinajstić information content (AvgIpc) is 3.29. The van der Waals surface area contributed by atoms with Crippen LogP contribution < -0.4 is 10.2 Å². The SMILES string of the molecule is CN1C(=CC(=O)CSc2nnc(NCc3ccccc3)s2)C(C)(C)c2ccccc21. The summed E-state index contributed by atoms with van der Waals surface area (Å²) in [5, 5.41) is 12.4. The third-order valence-corrected chi connectivity index (χ3v) is 7.31. The van der Waals surface area contributed by atoms with E-state index >= 15 is 0 Å². The van der Waals surface area contributed by atoms with Gasteiger partial charge in [0.1, 0.15) is 0 Å². The van der Waals surface area contributed by atoms with Crippen molar-refractivity contribution in [2.45, 2.75) is 30.1 Å². The quantitative estimate of drug-likeness (QED) is 0.410. The molecule has 30 heavy (non-hydrogen) atoms. The molecule has 4 rings (SSSR count). The number of rotatable bonds is 7. The van der Waals surface area contributed by atoms with Crippen LogP contribution in [0.4, 0.5) is 10.8 Å². The van der Waals surface area contributed by atoms with Gasteiger partial charge in [-0.05, 0) is 17.2 Å². The Morgan fingerprint density at radius 1 is 1.13 bits per heavy atom. The van der Waals surface area contributed by atoms with Gasteiger partial charge < -0.3 is 10.2 Å². The number of anilines is 2. The minimum atomic E-state index is -0.192. The number of para-hydroxylation sites is 1. The second kappa shape index (κ2) is 8.62. The molecule has 154 valence electrons. The van der Waals surface area contributed by atoms with Crippen LogP contribution in [-0.2, 0) is 16.8 Å². The minimum Gasteiger partial charge on any atom is -0.356 e. The van der Waals surface area contributed by atoms with Gasteiger partial charge in [0.15, 0.2) is 10.1 Å². The Kier molecular flexibility index (Phi) is 5.92. The third-order valence-electron chi connectivity index (χ3n) is 5.27. The Balaban J connectivity index is 1.36. The number of allylic oxidation sites excluding steroid dienone is 2. The normalized spacial score (nSPS) is 16.0. The van der Waals surface area contributed by atoms with Crippen LogP contribution in [0.25, 0.3) is 0 Å². The summed E-state index contributed by atoms with van der Waals surface area (Å²) in [6, 6.07) is 18.5. The molecule has 0 spiro atoms. The molecule has 0 atom stereocenters. The van der Waals surface area contributed by atoms with Crippen molar-refractivity contribution in [1.82, 2.24) is 10.2 Å². The number of fused-ring (bicyclic) bond motifs is 1. The molecule has 0 aliphatic carbocycles. The third kappa shape index (κ3) is 4.27. The van der Waals surface area contributed by atoms with Crippen molar-refractivity contribution < 1.29 is 4.79 Å². The highest BCUT2D eigenvalue weighted by Gasteiger charge is 2.38. The maximum absolute atomic E-state index is 12.7. The van der Waals surface area contributed by atoms with Crippen molar-refractivity contribution in [3.05, 3.63) is 77.5 Å². The van der Waals surface area contributed by atoms with Crippen molar-refractivity contribution in [2.24, 2.45) is 0 Å². The highest BCUT2D eigenvalue weighted by atomic mass is 32.2. The number of nitrogens with zero attached hydrogens (tertiary/aromatic N) is 3. The van der Waals surface area contributed by atoms with Crippen LogP contribution >= 0.6 is 23.1 Å². The lowest BCUT2D eigenvalue weighted by molar-refractivity contribution is -0.112. The zero-order valence-electron chi connectivity index (χ0n) is 17.3. The Hall–Kier alpha value is -2.64. The number of thioether (sulfide) groups is 1. The number of hydrogen-bond acceptors (Lipinski definition) is 7. The highest BCUT2D eigenvalue weighted by molar-refractivity contribution is 8.01. The van der Waals surface area contributed by atoms with Gasteiger partial charge in [0.25, 0.3) is 0 Å². The van der Waals surface area contributed by atoms with Gasteiger partial charge in [-0.25, -0.2) is 0 Å². The number of carbonyl (C=O) groups excluding carboxylic acids is 1. The van der Waals surface area contributed by atoms with Gasteiger partial charge in [0.2, 0.25) is 5.13 Å². The topological polar surface area (TPSA) is 58.1 Å². The van der Waals surface area contributed by atoms with E-state index in [2.05, 4.69) is 58.5 Å². The van der Waals surface area contributed by atoms with Gasteiger partial charge in [0.05, 0.1) is 5.75 Å². The number of likely N-dealkylation sites (N-methyl/N-ethyl adjacent to an activating group) is 1. The molecule has 2 heterocycles. The average molecular weight is 437 g/mol. The van der Waals surface area contributed by atoms with Gasteiger partial charge in [-0.15, -0.1) is 10.2 Å². The molecule has 0 saturated heterocycles. The molecule has 0 saturated carbocycles. The Morgan fingerprint density at radius 2 is 1.87 bits per heavy atom. The standard InChI is InChI=1S/C23H24N4OS2/c1-23(2)18-11-7-8-12-19(18)27(3)20(23)13-17(28)15-29-22-26-25-21(30-22)24-14-16-9-5-4-6-10-16/h4-13H,14-15H2,1-3H3,(H,24,25). The first-order chi connectivity index (χ1) is 14.4. The van der Waals surface area contributed by atoms with Crippen molar-refractivity contribution in [2.75, 3.05) is 23.0 Å². The molecule has 0 amide bonds. The summed E-state index contributed by atoms with van der Waals surface area (Å²) >= 11 is 2.91. The van der Waals surface area contributed by atoms with Crippen LogP contribution in [0.3, 0.4) is 0 Å². The molecule has 7 heteroatoms. The van der Waals surface area contributed by atoms with E-state index in [0.717, 1.165) is 20.9 Å². The Labute approximate surface area is 185 Å². The fourth-order valence-corrected chi connectivity index (χ4v) is 5.27. The number of benzene rings is 2. The first-order valence-corrected chi connectivity index (χ1v) is 11.6. The molecule has 0 unspecified atom stereocenters. The monoisotopic (exact) mass is 436 g/mol. The van der Waals surface area contributed by atoms with Crippen molar-refractivity contribution >= 4 is 39.7 Å². The Morgan fingerprint density at radius 3 is 2.63 bits per heavy atom. The first kappa shape index (κ1) is 20.6. The predicted octanol–water partition coefficient (Wildman–Crippen LogP) is 5.12. The molecule has 5 nitrogen and oxygen atoms in total. The van der Waals surface area contributed by atoms with E-state index in [1.54, 1.807) is 6.08 Å².